The van der Waals surface area contributed by atoms with E-state index >= 15 is 0 Å². The Morgan fingerprint density at radius 3 is 1.69 bits per heavy atom. The highest BCUT2D eigenvalue weighted by molar-refractivity contribution is 5.95. The summed E-state index contributed by atoms with van der Waals surface area (Å²) in [6, 6.07) is 50.7. The molecule has 2 aliphatic carbocycles. The number of rotatable bonds is 13. The third-order valence-electron chi connectivity index (χ3n) is 12.1. The van der Waals surface area contributed by atoms with E-state index in [2.05, 4.69) is 179 Å². The van der Waals surface area contributed by atoms with Crippen LogP contribution in [0.25, 0.3) is 39.0 Å². The van der Waals surface area contributed by atoms with Gasteiger partial charge in [0, 0.05) is 17.9 Å². The highest BCUT2D eigenvalue weighted by atomic mass is 15.1. The number of benzene rings is 6. The van der Waals surface area contributed by atoms with E-state index in [1.807, 2.05) is 0 Å². The van der Waals surface area contributed by atoms with Crippen molar-refractivity contribution in [2.75, 3.05) is 11.4 Å². The standard InChI is InChI=1S/C53H53N/c1-6-10-11-12-19-37(5)34-38(7-2)40-26-28-41(29-27-40)44-32-30-42(35-39(44)8-3)54(9-4)43-31-33-48-47-22-15-18-25-51(47)53(52(48)36-43)49-23-16-13-20-45(49)46-21-14-17-24-50(46)53/h13-18,20-36H,5-12,19H2,1-4H3/b38-34+. The maximum Gasteiger partial charge on any atom is 0.0726 e. The average Bonchev–Trinajstić information content (AvgIpc) is 3.69. The Morgan fingerprint density at radius 1 is 0.574 bits per heavy atom. The van der Waals surface area contributed by atoms with E-state index in [1.165, 1.54) is 115 Å². The van der Waals surface area contributed by atoms with Gasteiger partial charge in [0.15, 0.2) is 0 Å². The topological polar surface area (TPSA) is 3.24 Å². The van der Waals surface area contributed by atoms with Gasteiger partial charge in [0.1, 0.15) is 0 Å². The lowest BCUT2D eigenvalue weighted by Crippen LogP contribution is -2.26. The molecule has 0 fully saturated rings. The second-order valence-electron chi connectivity index (χ2n) is 15.1. The van der Waals surface area contributed by atoms with Crippen LogP contribution >= 0.6 is 0 Å². The molecule has 1 heteroatoms. The lowest BCUT2D eigenvalue weighted by molar-refractivity contribution is 0.668. The minimum atomic E-state index is -0.339. The number of hydrogen-bond acceptors (Lipinski definition) is 1. The molecule has 0 aliphatic heterocycles. The van der Waals surface area contributed by atoms with Crippen LogP contribution in [0.15, 0.2) is 152 Å². The highest BCUT2D eigenvalue weighted by Gasteiger charge is 2.51. The number of nitrogens with zero attached hydrogens (tertiary/aromatic N) is 1. The van der Waals surface area contributed by atoms with Gasteiger partial charge < -0.3 is 4.90 Å². The molecule has 54 heavy (non-hydrogen) atoms. The lowest BCUT2D eigenvalue weighted by Gasteiger charge is -2.32. The van der Waals surface area contributed by atoms with Crippen molar-refractivity contribution in [2.24, 2.45) is 0 Å². The van der Waals surface area contributed by atoms with Gasteiger partial charge in [-0.1, -0.05) is 167 Å². The highest BCUT2D eigenvalue weighted by Crippen LogP contribution is 2.63. The van der Waals surface area contributed by atoms with Crippen molar-refractivity contribution in [2.45, 2.75) is 78.1 Å². The fraction of sp³-hybridized carbons (Fsp3) is 0.245. The molecular formula is C53H53N. The van der Waals surface area contributed by atoms with Crippen LogP contribution in [-0.4, -0.2) is 6.54 Å². The van der Waals surface area contributed by atoms with Gasteiger partial charge in [-0.3, -0.25) is 0 Å². The molecular weight excluding hydrogens is 651 g/mol. The number of aryl methyl sites for hydroxylation is 1. The van der Waals surface area contributed by atoms with Crippen LogP contribution in [0.3, 0.4) is 0 Å². The van der Waals surface area contributed by atoms with Gasteiger partial charge in [-0.15, -0.1) is 0 Å². The minimum Gasteiger partial charge on any atom is -0.342 e. The third-order valence-corrected chi connectivity index (χ3v) is 12.1. The first kappa shape index (κ1) is 35.6. The number of fused-ring (bicyclic) bond motifs is 10. The van der Waals surface area contributed by atoms with Crippen molar-refractivity contribution < 1.29 is 0 Å². The first-order valence-corrected chi connectivity index (χ1v) is 20.4. The Kier molecular flexibility index (Phi) is 9.99. The minimum absolute atomic E-state index is 0.339. The molecule has 0 heterocycles. The van der Waals surface area contributed by atoms with Crippen LogP contribution in [-0.2, 0) is 11.8 Å². The number of anilines is 2. The molecule has 0 aromatic heterocycles. The predicted octanol–water partition coefficient (Wildman–Crippen LogP) is 14.7. The Morgan fingerprint density at radius 2 is 1.13 bits per heavy atom. The molecule has 1 spiro atoms. The zero-order valence-corrected chi connectivity index (χ0v) is 32.6. The normalized spacial score (nSPS) is 13.4. The fourth-order valence-corrected chi connectivity index (χ4v) is 9.44. The molecule has 270 valence electrons. The van der Waals surface area contributed by atoms with Crippen LogP contribution in [0.5, 0.6) is 0 Å². The molecule has 0 unspecified atom stereocenters. The summed E-state index contributed by atoms with van der Waals surface area (Å²) in [5.41, 5.74) is 20.9. The quantitative estimate of drug-likeness (QED) is 0.0853. The lowest BCUT2D eigenvalue weighted by atomic mass is 9.70. The van der Waals surface area contributed by atoms with Crippen molar-refractivity contribution in [3.63, 3.8) is 0 Å². The molecule has 2 aliphatic rings. The Labute approximate surface area is 323 Å². The summed E-state index contributed by atoms with van der Waals surface area (Å²) in [7, 11) is 0. The van der Waals surface area contributed by atoms with Gasteiger partial charge in [0.25, 0.3) is 0 Å². The van der Waals surface area contributed by atoms with Crippen LogP contribution in [0.1, 0.15) is 99.6 Å². The second-order valence-corrected chi connectivity index (χ2v) is 15.1. The van der Waals surface area contributed by atoms with Gasteiger partial charge in [0.2, 0.25) is 0 Å². The molecule has 8 rings (SSSR count). The average molecular weight is 704 g/mol. The van der Waals surface area contributed by atoms with Crippen molar-refractivity contribution in [1.82, 2.24) is 0 Å². The SMILES string of the molecule is C=C(/C=C(\CC)c1ccc(-c2ccc(N(CC)c3ccc4c(c3)C3(c5ccccc5-c5ccccc53)c3ccccc3-4)cc2CC)cc1)CCCCCC. The van der Waals surface area contributed by atoms with Crippen LogP contribution < -0.4 is 4.90 Å². The molecule has 6 aromatic carbocycles. The van der Waals surface area contributed by atoms with E-state index in [-0.39, 0.29) is 5.41 Å². The monoisotopic (exact) mass is 703 g/mol. The molecule has 0 N–H and O–H groups in total. The molecule has 6 aromatic rings. The first-order chi connectivity index (χ1) is 26.5. The van der Waals surface area contributed by atoms with Gasteiger partial charge in [-0.05, 0) is 129 Å². The van der Waals surface area contributed by atoms with Crippen LogP contribution in [0.4, 0.5) is 11.4 Å². The molecule has 0 saturated heterocycles. The van der Waals surface area contributed by atoms with Crippen molar-refractivity contribution in [3.05, 3.63) is 185 Å². The van der Waals surface area contributed by atoms with Crippen LogP contribution in [0, 0.1) is 0 Å². The number of unbranched alkanes of at least 4 members (excludes halogenated alkanes) is 3. The zero-order valence-electron chi connectivity index (χ0n) is 32.6. The number of allylic oxidation sites excluding steroid dienone is 3. The fourth-order valence-electron chi connectivity index (χ4n) is 9.44. The molecule has 1 nitrogen and oxygen atoms in total. The van der Waals surface area contributed by atoms with E-state index in [1.54, 1.807) is 0 Å². The smallest absolute Gasteiger partial charge is 0.0726 e. The van der Waals surface area contributed by atoms with Crippen molar-refractivity contribution in [3.8, 4) is 33.4 Å². The van der Waals surface area contributed by atoms with E-state index < -0.39 is 0 Å². The van der Waals surface area contributed by atoms with E-state index in [0.29, 0.717) is 0 Å². The third kappa shape index (κ3) is 5.95. The Balaban J connectivity index is 1.13. The van der Waals surface area contributed by atoms with Crippen molar-refractivity contribution >= 4 is 16.9 Å². The van der Waals surface area contributed by atoms with Crippen molar-refractivity contribution in [1.29, 1.82) is 0 Å². The summed E-state index contributed by atoms with van der Waals surface area (Å²) in [4.78, 5) is 2.49. The van der Waals surface area contributed by atoms with Gasteiger partial charge >= 0.3 is 0 Å². The molecule has 0 atom stereocenters. The van der Waals surface area contributed by atoms with E-state index in [4.69, 9.17) is 0 Å². The van der Waals surface area contributed by atoms with Crippen LogP contribution in [0.2, 0.25) is 0 Å². The summed E-state index contributed by atoms with van der Waals surface area (Å²) in [6.45, 7) is 14.3. The summed E-state index contributed by atoms with van der Waals surface area (Å²) in [5.74, 6) is 0. The molecule has 0 radical (unpaired) electrons. The van der Waals surface area contributed by atoms with E-state index in [9.17, 15) is 0 Å². The van der Waals surface area contributed by atoms with E-state index in [0.717, 1.165) is 25.8 Å². The maximum atomic E-state index is 4.39. The largest absolute Gasteiger partial charge is 0.342 e. The van der Waals surface area contributed by atoms with Gasteiger partial charge in [0.05, 0.1) is 5.41 Å². The maximum absolute atomic E-state index is 4.39. The Bertz CT molecular complexity index is 2290. The second kappa shape index (κ2) is 15.2. The Hall–Kier alpha value is -5.40. The number of hydrogen-bond donors (Lipinski definition) is 0. The first-order valence-electron chi connectivity index (χ1n) is 20.4. The summed E-state index contributed by atoms with van der Waals surface area (Å²) >= 11 is 0. The summed E-state index contributed by atoms with van der Waals surface area (Å²) in [6.07, 6.45) is 10.5. The summed E-state index contributed by atoms with van der Waals surface area (Å²) in [5, 5.41) is 0. The zero-order chi connectivity index (χ0) is 37.2. The molecule has 0 saturated carbocycles. The van der Waals surface area contributed by atoms with Gasteiger partial charge in [-0.25, -0.2) is 0 Å². The summed E-state index contributed by atoms with van der Waals surface area (Å²) < 4.78 is 0. The molecule has 0 bridgehead atoms. The van der Waals surface area contributed by atoms with Gasteiger partial charge in [-0.2, -0.15) is 0 Å². The predicted molar refractivity (Wildman–Crippen MR) is 233 cm³/mol. The molecule has 0 amide bonds.